The third kappa shape index (κ3) is 1.98. The van der Waals surface area contributed by atoms with Crippen LogP contribution in [0.15, 0.2) is 28.6 Å². The zero-order chi connectivity index (χ0) is 15.0. The average Bonchev–Trinajstić information content (AvgIpc) is 3.13. The Morgan fingerprint density at radius 1 is 1.24 bits per heavy atom. The summed E-state index contributed by atoms with van der Waals surface area (Å²) >= 11 is 0. The number of fused-ring (bicyclic) bond motifs is 1. The molecule has 0 fully saturated rings. The van der Waals surface area contributed by atoms with Gasteiger partial charge in [-0.05, 0) is 6.07 Å². The van der Waals surface area contributed by atoms with E-state index in [9.17, 15) is 8.42 Å². The average molecular weight is 310 g/mol. The summed E-state index contributed by atoms with van der Waals surface area (Å²) in [6.07, 6.45) is 1.09. The number of nitrogens with zero attached hydrogens (tertiary/aromatic N) is 5. The van der Waals surface area contributed by atoms with Gasteiger partial charge < -0.3 is 9.47 Å². The Bertz CT molecular complexity index is 886. The van der Waals surface area contributed by atoms with Gasteiger partial charge in [-0.1, -0.05) is 0 Å². The molecular weight excluding hydrogens is 300 g/mol. The predicted octanol–water partition coefficient (Wildman–Crippen LogP) is -0.303. The van der Waals surface area contributed by atoms with E-state index < -0.39 is 9.84 Å². The topological polar surface area (TPSA) is 124 Å². The van der Waals surface area contributed by atoms with Crippen LogP contribution in [0.2, 0.25) is 0 Å². The van der Waals surface area contributed by atoms with Gasteiger partial charge in [0.05, 0.1) is 14.2 Å². The zero-order valence-corrected chi connectivity index (χ0v) is 11.8. The third-order valence-corrected chi connectivity index (χ3v) is 4.25. The van der Waals surface area contributed by atoms with E-state index in [4.69, 9.17) is 9.47 Å². The maximum atomic E-state index is 12.6. The molecule has 1 N–H and O–H groups in total. The quantitative estimate of drug-likeness (QED) is 0.696. The Kier molecular flexibility index (Phi) is 2.97. The van der Waals surface area contributed by atoms with Gasteiger partial charge in [-0.25, -0.2) is 18.5 Å². The van der Waals surface area contributed by atoms with Crippen molar-refractivity contribution in [2.24, 2.45) is 0 Å². The Morgan fingerprint density at radius 3 is 2.67 bits per heavy atom. The Morgan fingerprint density at radius 2 is 2.05 bits per heavy atom. The molecule has 3 aromatic heterocycles. The molecule has 3 aromatic rings. The first-order chi connectivity index (χ1) is 10.1. The fourth-order valence-electron chi connectivity index (χ4n) is 1.76. The van der Waals surface area contributed by atoms with Gasteiger partial charge in [-0.15, -0.1) is 5.10 Å². The van der Waals surface area contributed by atoms with E-state index >= 15 is 0 Å². The van der Waals surface area contributed by atoms with E-state index in [1.165, 1.54) is 14.2 Å². The summed E-state index contributed by atoms with van der Waals surface area (Å²) in [6, 6.07) is 3.13. The van der Waals surface area contributed by atoms with Crippen molar-refractivity contribution < 1.29 is 17.9 Å². The second-order valence-corrected chi connectivity index (χ2v) is 5.65. The van der Waals surface area contributed by atoms with Crippen LogP contribution in [0.25, 0.3) is 5.65 Å². The Hall–Kier alpha value is -2.69. The smallest absolute Gasteiger partial charge is 0.264 e. The van der Waals surface area contributed by atoms with Crippen LogP contribution in [0.4, 0.5) is 0 Å². The summed E-state index contributed by atoms with van der Waals surface area (Å²) in [5.41, 5.74) is 0.297. The predicted molar refractivity (Wildman–Crippen MR) is 67.9 cm³/mol. The van der Waals surface area contributed by atoms with Crippen molar-refractivity contribution in [2.75, 3.05) is 14.2 Å². The molecule has 0 bridgehead atoms. The van der Waals surface area contributed by atoms with Gasteiger partial charge in [0, 0.05) is 6.07 Å². The highest BCUT2D eigenvalue weighted by atomic mass is 32.2. The number of methoxy groups -OCH3 is 2. The number of nitrogens with one attached hydrogen (secondary N) is 1. The van der Waals surface area contributed by atoms with Gasteiger partial charge in [0.1, 0.15) is 6.33 Å². The highest BCUT2D eigenvalue weighted by Crippen LogP contribution is 2.28. The van der Waals surface area contributed by atoms with Crippen molar-refractivity contribution in [1.29, 1.82) is 0 Å². The first kappa shape index (κ1) is 13.3. The standard InChI is InChI=1S/C10H10N6O4S/c1-19-7-4-3-6-13-8(20-2)9(16(6)15-7)21(17,18)10-11-5-12-14-10/h3-5H,1-2H3,(H,11,12,14). The van der Waals surface area contributed by atoms with Crippen LogP contribution >= 0.6 is 0 Å². The molecule has 0 aliphatic carbocycles. The number of hydrogen-bond acceptors (Lipinski definition) is 8. The first-order valence-corrected chi connectivity index (χ1v) is 7.14. The lowest BCUT2D eigenvalue weighted by Gasteiger charge is -2.03. The normalized spacial score (nSPS) is 11.7. The molecule has 0 unspecified atom stereocenters. The molecule has 0 aliphatic rings. The second-order valence-electron chi connectivity index (χ2n) is 3.87. The van der Waals surface area contributed by atoms with Crippen molar-refractivity contribution in [1.82, 2.24) is 29.8 Å². The van der Waals surface area contributed by atoms with Crippen LogP contribution in [-0.2, 0) is 9.84 Å². The fourth-order valence-corrected chi connectivity index (χ4v) is 3.02. The maximum Gasteiger partial charge on any atom is 0.264 e. The van der Waals surface area contributed by atoms with E-state index in [1.54, 1.807) is 12.1 Å². The number of aromatic amines is 1. The number of rotatable bonds is 4. The summed E-state index contributed by atoms with van der Waals surface area (Å²) in [4.78, 5) is 7.72. The second kappa shape index (κ2) is 4.70. The first-order valence-electron chi connectivity index (χ1n) is 5.66. The number of ether oxygens (including phenoxy) is 2. The molecule has 3 heterocycles. The van der Waals surface area contributed by atoms with Crippen LogP contribution in [0.3, 0.4) is 0 Å². The molecule has 11 heteroatoms. The molecule has 0 aromatic carbocycles. The minimum atomic E-state index is -4.02. The summed E-state index contributed by atoms with van der Waals surface area (Å²) in [5, 5.41) is 9.31. The monoisotopic (exact) mass is 310 g/mol. The minimum absolute atomic E-state index is 0.0906. The molecule has 21 heavy (non-hydrogen) atoms. The van der Waals surface area contributed by atoms with Crippen LogP contribution < -0.4 is 9.47 Å². The van der Waals surface area contributed by atoms with Crippen molar-refractivity contribution in [2.45, 2.75) is 10.2 Å². The molecule has 10 nitrogen and oxygen atoms in total. The molecule has 0 aliphatic heterocycles. The van der Waals surface area contributed by atoms with Crippen LogP contribution in [0.1, 0.15) is 0 Å². The van der Waals surface area contributed by atoms with Gasteiger partial charge in [0.2, 0.25) is 16.1 Å². The lowest BCUT2D eigenvalue weighted by atomic mass is 10.5. The van der Waals surface area contributed by atoms with Crippen LogP contribution in [0.5, 0.6) is 11.8 Å². The molecule has 0 amide bonds. The van der Waals surface area contributed by atoms with Gasteiger partial charge in [-0.3, -0.25) is 0 Å². The van der Waals surface area contributed by atoms with E-state index in [0.717, 1.165) is 10.8 Å². The van der Waals surface area contributed by atoms with Gasteiger partial charge in [0.15, 0.2) is 5.65 Å². The summed E-state index contributed by atoms with van der Waals surface area (Å²) in [7, 11) is -1.28. The zero-order valence-electron chi connectivity index (χ0n) is 11.0. The van der Waals surface area contributed by atoms with E-state index in [2.05, 4.69) is 25.3 Å². The Balaban J connectivity index is 2.35. The largest absolute Gasteiger partial charge is 0.480 e. The summed E-state index contributed by atoms with van der Waals surface area (Å²) in [5.74, 6) is 0.142. The van der Waals surface area contributed by atoms with Crippen molar-refractivity contribution in [3.05, 3.63) is 18.5 Å². The van der Waals surface area contributed by atoms with E-state index in [0.29, 0.717) is 5.65 Å². The van der Waals surface area contributed by atoms with Crippen molar-refractivity contribution >= 4 is 15.5 Å². The molecule has 0 atom stereocenters. The van der Waals surface area contributed by atoms with Gasteiger partial charge in [-0.2, -0.15) is 14.6 Å². The SMILES string of the molecule is COc1ccc2nc(OC)c(S(=O)(=O)c3ncn[nH]3)n2n1. The number of aromatic nitrogens is 6. The molecule has 0 spiro atoms. The minimum Gasteiger partial charge on any atom is -0.480 e. The highest BCUT2D eigenvalue weighted by Gasteiger charge is 2.31. The molecular formula is C10H10N6O4S. The lowest BCUT2D eigenvalue weighted by molar-refractivity contribution is 0.378. The van der Waals surface area contributed by atoms with Gasteiger partial charge in [0.25, 0.3) is 15.7 Å². The molecule has 110 valence electrons. The molecule has 0 saturated carbocycles. The fraction of sp³-hybridized carbons (Fsp3) is 0.200. The van der Waals surface area contributed by atoms with Crippen LogP contribution in [0, 0.1) is 0 Å². The van der Waals surface area contributed by atoms with Crippen molar-refractivity contribution in [3.8, 4) is 11.8 Å². The van der Waals surface area contributed by atoms with E-state index in [1.807, 2.05) is 0 Å². The van der Waals surface area contributed by atoms with Crippen LogP contribution in [-0.4, -0.2) is 52.4 Å². The summed E-state index contributed by atoms with van der Waals surface area (Å²) < 4.78 is 36.3. The summed E-state index contributed by atoms with van der Waals surface area (Å²) in [6.45, 7) is 0. The number of sulfone groups is 1. The Labute approximate surface area is 118 Å². The van der Waals surface area contributed by atoms with Gasteiger partial charge >= 0.3 is 0 Å². The van der Waals surface area contributed by atoms with E-state index in [-0.39, 0.29) is 21.9 Å². The molecule has 0 saturated heterocycles. The number of imidazole rings is 1. The maximum absolute atomic E-state index is 12.6. The third-order valence-electron chi connectivity index (χ3n) is 2.69. The number of H-pyrrole nitrogens is 1. The highest BCUT2D eigenvalue weighted by molar-refractivity contribution is 7.91. The molecule has 0 radical (unpaired) electrons. The van der Waals surface area contributed by atoms with Crippen molar-refractivity contribution in [3.63, 3.8) is 0 Å². The number of hydrogen-bond donors (Lipinski definition) is 1. The lowest BCUT2D eigenvalue weighted by Crippen LogP contribution is -2.10. The molecule has 3 rings (SSSR count).